The summed E-state index contributed by atoms with van der Waals surface area (Å²) in [6.07, 6.45) is 0.951. The SMILES string of the molecule is COc1cnn(CCCOc2ccc(CCc3ccc(F)cc3-c3cccc(-n4ncc(C(=O)O)c4C(F)(F)F)n3)c(C)c2)c1. The van der Waals surface area contributed by atoms with Crippen LogP contribution in [0.4, 0.5) is 17.6 Å². The van der Waals surface area contributed by atoms with E-state index in [1.165, 1.54) is 24.3 Å². The van der Waals surface area contributed by atoms with Gasteiger partial charge in [0.2, 0.25) is 0 Å². The van der Waals surface area contributed by atoms with Crippen molar-refractivity contribution in [3.63, 3.8) is 0 Å². The van der Waals surface area contributed by atoms with E-state index >= 15 is 0 Å². The highest BCUT2D eigenvalue weighted by Crippen LogP contribution is 2.34. The molecule has 0 aliphatic heterocycles. The number of halogens is 4. The third-order valence-corrected chi connectivity index (χ3v) is 7.19. The Morgan fingerprint density at radius 3 is 2.47 bits per heavy atom. The van der Waals surface area contributed by atoms with Crippen LogP contribution in [0, 0.1) is 12.7 Å². The Bertz CT molecular complexity index is 1820. The van der Waals surface area contributed by atoms with Crippen molar-refractivity contribution < 1.29 is 36.9 Å². The largest absolute Gasteiger partial charge is 0.494 e. The highest BCUT2D eigenvalue weighted by atomic mass is 19.4. The number of nitrogens with zero attached hydrogens (tertiary/aromatic N) is 5. The second-order valence-electron chi connectivity index (χ2n) is 10.2. The first-order valence-electron chi connectivity index (χ1n) is 14.0. The Morgan fingerprint density at radius 2 is 1.76 bits per heavy atom. The number of aryl methyl sites for hydroxylation is 4. The molecule has 0 aliphatic rings. The van der Waals surface area contributed by atoms with Crippen LogP contribution in [0.2, 0.25) is 0 Å². The Labute approximate surface area is 255 Å². The maximum absolute atomic E-state index is 14.4. The van der Waals surface area contributed by atoms with Crippen LogP contribution < -0.4 is 9.47 Å². The Hall–Kier alpha value is -5.20. The number of hydrogen-bond acceptors (Lipinski definition) is 6. The number of methoxy groups -OCH3 is 1. The van der Waals surface area contributed by atoms with Crippen LogP contribution in [-0.4, -0.2) is 49.3 Å². The van der Waals surface area contributed by atoms with Crippen LogP contribution in [0.3, 0.4) is 0 Å². The highest BCUT2D eigenvalue weighted by molar-refractivity contribution is 5.89. The molecule has 0 saturated carbocycles. The third kappa shape index (κ3) is 7.31. The Kier molecular flexibility index (Phi) is 9.16. The number of carbonyl (C=O) groups is 1. The Morgan fingerprint density at radius 1 is 0.978 bits per heavy atom. The van der Waals surface area contributed by atoms with E-state index in [2.05, 4.69) is 15.2 Å². The van der Waals surface area contributed by atoms with Crippen LogP contribution in [0.1, 0.15) is 39.2 Å². The fourth-order valence-electron chi connectivity index (χ4n) is 4.94. The van der Waals surface area contributed by atoms with Gasteiger partial charge in [0, 0.05) is 18.5 Å². The standard InChI is InChI=1S/C32H29F4N5O4/c1-20-15-24(45-14-4-13-40-19-25(44-2)17-37-40)12-10-21(20)7-8-22-9-11-23(33)16-26(22)28-5-3-6-29(39-28)41-30(32(34,35)36)27(18-38-41)31(42)43/h3,5-6,9-12,15-19H,4,7-8,13-14H2,1-2H3,(H,42,43). The van der Waals surface area contributed by atoms with Crippen LogP contribution in [0.5, 0.6) is 11.5 Å². The number of benzene rings is 2. The molecule has 1 N–H and O–H groups in total. The minimum Gasteiger partial charge on any atom is -0.494 e. The van der Waals surface area contributed by atoms with Gasteiger partial charge in [-0.25, -0.2) is 18.9 Å². The fourth-order valence-corrected chi connectivity index (χ4v) is 4.94. The molecule has 234 valence electrons. The molecule has 0 unspecified atom stereocenters. The molecule has 0 atom stereocenters. The molecule has 0 spiro atoms. The van der Waals surface area contributed by atoms with E-state index in [1.807, 2.05) is 31.3 Å². The number of ether oxygens (including phenoxy) is 2. The van der Waals surface area contributed by atoms with E-state index in [0.29, 0.717) is 48.2 Å². The highest BCUT2D eigenvalue weighted by Gasteiger charge is 2.41. The van der Waals surface area contributed by atoms with Gasteiger partial charge in [0.25, 0.3) is 0 Å². The number of carboxylic acids is 1. The molecule has 3 aromatic heterocycles. The van der Waals surface area contributed by atoms with Crippen LogP contribution in [0.15, 0.2) is 73.2 Å². The van der Waals surface area contributed by atoms with Crippen molar-refractivity contribution in [1.29, 1.82) is 0 Å². The molecule has 0 aliphatic carbocycles. The number of aromatic nitrogens is 5. The quantitative estimate of drug-likeness (QED) is 0.124. The van der Waals surface area contributed by atoms with Gasteiger partial charge in [-0.05, 0) is 72.9 Å². The van der Waals surface area contributed by atoms with Gasteiger partial charge < -0.3 is 14.6 Å². The van der Waals surface area contributed by atoms with Crippen molar-refractivity contribution in [2.24, 2.45) is 0 Å². The van der Waals surface area contributed by atoms with E-state index < -0.39 is 29.2 Å². The van der Waals surface area contributed by atoms with Crippen molar-refractivity contribution in [3.8, 4) is 28.6 Å². The van der Waals surface area contributed by atoms with Crippen molar-refractivity contribution in [2.45, 2.75) is 38.9 Å². The van der Waals surface area contributed by atoms with Gasteiger partial charge in [-0.2, -0.15) is 23.4 Å². The summed E-state index contributed by atoms with van der Waals surface area (Å²) in [7, 11) is 1.59. The smallest absolute Gasteiger partial charge is 0.434 e. The van der Waals surface area contributed by atoms with Gasteiger partial charge >= 0.3 is 12.1 Å². The minimum atomic E-state index is -5.00. The summed E-state index contributed by atoms with van der Waals surface area (Å²) in [5, 5.41) is 17.1. The zero-order valence-electron chi connectivity index (χ0n) is 24.4. The molecular weight excluding hydrogens is 594 g/mol. The van der Waals surface area contributed by atoms with Gasteiger partial charge in [-0.3, -0.25) is 4.68 Å². The Balaban J connectivity index is 1.30. The molecule has 0 amide bonds. The van der Waals surface area contributed by atoms with Crippen molar-refractivity contribution in [2.75, 3.05) is 13.7 Å². The molecule has 5 aromatic rings. The first-order valence-corrected chi connectivity index (χ1v) is 14.0. The van der Waals surface area contributed by atoms with E-state index in [9.17, 15) is 27.5 Å². The molecule has 0 saturated heterocycles. The summed E-state index contributed by atoms with van der Waals surface area (Å²) >= 11 is 0. The number of pyridine rings is 1. The summed E-state index contributed by atoms with van der Waals surface area (Å²) < 4.78 is 69.0. The van der Waals surface area contributed by atoms with Crippen molar-refractivity contribution in [1.82, 2.24) is 24.5 Å². The fraction of sp³-hybridized carbons (Fsp3) is 0.250. The van der Waals surface area contributed by atoms with Gasteiger partial charge in [-0.15, -0.1) is 0 Å². The lowest BCUT2D eigenvalue weighted by atomic mass is 9.95. The lowest BCUT2D eigenvalue weighted by Gasteiger charge is -2.14. The van der Waals surface area contributed by atoms with Gasteiger partial charge in [0.05, 0.1) is 38.0 Å². The monoisotopic (exact) mass is 623 g/mol. The summed E-state index contributed by atoms with van der Waals surface area (Å²) in [4.78, 5) is 15.7. The van der Waals surface area contributed by atoms with Crippen LogP contribution in [0.25, 0.3) is 17.1 Å². The van der Waals surface area contributed by atoms with Crippen molar-refractivity contribution >= 4 is 5.97 Å². The second kappa shape index (κ2) is 13.2. The summed E-state index contributed by atoms with van der Waals surface area (Å²) in [5.41, 5.74) is 0.971. The molecule has 9 nitrogen and oxygen atoms in total. The molecule has 13 heteroatoms. The predicted molar refractivity (Wildman–Crippen MR) is 156 cm³/mol. The maximum Gasteiger partial charge on any atom is 0.434 e. The number of hydrogen-bond donors (Lipinski definition) is 1. The van der Waals surface area contributed by atoms with Crippen molar-refractivity contribution in [3.05, 3.63) is 107 Å². The zero-order chi connectivity index (χ0) is 32.1. The number of carboxylic acid groups (broad SMARTS) is 1. The van der Waals surface area contributed by atoms with E-state index in [-0.39, 0.29) is 11.5 Å². The van der Waals surface area contributed by atoms with Gasteiger partial charge in [0.1, 0.15) is 17.1 Å². The normalized spacial score (nSPS) is 11.5. The summed E-state index contributed by atoms with van der Waals surface area (Å²) in [5.74, 6) is -1.11. The maximum atomic E-state index is 14.4. The first-order chi connectivity index (χ1) is 21.5. The average molecular weight is 624 g/mol. The lowest BCUT2D eigenvalue weighted by Crippen LogP contribution is -2.18. The van der Waals surface area contributed by atoms with Crippen LogP contribution >= 0.6 is 0 Å². The van der Waals surface area contributed by atoms with E-state index in [1.54, 1.807) is 30.1 Å². The molecule has 0 bridgehead atoms. The second-order valence-corrected chi connectivity index (χ2v) is 10.2. The van der Waals surface area contributed by atoms with Crippen LogP contribution in [-0.2, 0) is 25.6 Å². The molecule has 3 heterocycles. The zero-order valence-corrected chi connectivity index (χ0v) is 24.4. The van der Waals surface area contributed by atoms with E-state index in [4.69, 9.17) is 9.47 Å². The summed E-state index contributed by atoms with van der Waals surface area (Å²) in [6.45, 7) is 3.17. The number of rotatable bonds is 12. The topological polar surface area (TPSA) is 104 Å². The summed E-state index contributed by atoms with van der Waals surface area (Å²) in [6, 6.07) is 14.3. The first kappa shape index (κ1) is 31.2. The molecule has 2 aromatic carbocycles. The molecular formula is C32H29F4N5O4. The van der Waals surface area contributed by atoms with Gasteiger partial charge in [0.15, 0.2) is 17.3 Å². The molecule has 0 fully saturated rings. The third-order valence-electron chi connectivity index (χ3n) is 7.19. The molecule has 5 rings (SSSR count). The predicted octanol–water partition coefficient (Wildman–Crippen LogP) is 6.56. The van der Waals surface area contributed by atoms with E-state index in [0.717, 1.165) is 28.9 Å². The number of aromatic carboxylic acids is 1. The lowest BCUT2D eigenvalue weighted by molar-refractivity contribution is -0.143. The molecule has 0 radical (unpaired) electrons. The molecule has 45 heavy (non-hydrogen) atoms. The number of alkyl halides is 3. The minimum absolute atomic E-state index is 0.219. The van der Waals surface area contributed by atoms with Gasteiger partial charge in [-0.1, -0.05) is 18.2 Å². The average Bonchev–Trinajstić information content (AvgIpc) is 3.67.